The van der Waals surface area contributed by atoms with E-state index in [2.05, 4.69) is 10.6 Å². The SMILES string of the molecule is CCNC(=O)N1CCC(Cc2ccc(C(=O)Nc3cc(OC)ccc3OC)cc2)CC1. The average Bonchev–Trinajstić information content (AvgIpc) is 2.80. The lowest BCUT2D eigenvalue weighted by molar-refractivity contribution is 0.102. The van der Waals surface area contributed by atoms with Crippen molar-refractivity contribution in [3.8, 4) is 11.5 Å². The van der Waals surface area contributed by atoms with E-state index in [1.54, 1.807) is 32.4 Å². The molecule has 1 aliphatic rings. The molecule has 2 aromatic rings. The second kappa shape index (κ2) is 10.7. The molecule has 0 spiro atoms. The van der Waals surface area contributed by atoms with E-state index in [4.69, 9.17) is 9.47 Å². The van der Waals surface area contributed by atoms with Gasteiger partial charge in [0.15, 0.2) is 0 Å². The first kappa shape index (κ1) is 22.5. The van der Waals surface area contributed by atoms with Crippen LogP contribution in [0.15, 0.2) is 42.5 Å². The molecule has 0 aromatic heterocycles. The summed E-state index contributed by atoms with van der Waals surface area (Å²) < 4.78 is 10.6. The van der Waals surface area contributed by atoms with Crippen LogP contribution in [0.5, 0.6) is 11.5 Å². The van der Waals surface area contributed by atoms with Crippen LogP contribution < -0.4 is 20.1 Å². The second-order valence-electron chi connectivity index (χ2n) is 7.69. The van der Waals surface area contributed by atoms with Gasteiger partial charge < -0.3 is 25.0 Å². The third-order valence-corrected chi connectivity index (χ3v) is 5.63. The Morgan fingerprint density at radius 1 is 1.03 bits per heavy atom. The number of carbonyl (C=O) groups is 2. The maximum Gasteiger partial charge on any atom is 0.317 e. The van der Waals surface area contributed by atoms with Gasteiger partial charge in [0.05, 0.1) is 19.9 Å². The number of amides is 3. The molecule has 0 radical (unpaired) electrons. The maximum atomic E-state index is 12.7. The minimum Gasteiger partial charge on any atom is -0.497 e. The Morgan fingerprint density at radius 2 is 1.74 bits per heavy atom. The molecule has 0 unspecified atom stereocenters. The third-order valence-electron chi connectivity index (χ3n) is 5.63. The van der Waals surface area contributed by atoms with Crippen molar-refractivity contribution in [3.63, 3.8) is 0 Å². The van der Waals surface area contributed by atoms with E-state index >= 15 is 0 Å². The van der Waals surface area contributed by atoms with E-state index in [9.17, 15) is 9.59 Å². The number of urea groups is 1. The highest BCUT2D eigenvalue weighted by Crippen LogP contribution is 2.29. The normalized spacial score (nSPS) is 14.1. The molecule has 7 nitrogen and oxygen atoms in total. The fraction of sp³-hybridized carbons (Fsp3) is 0.417. The number of likely N-dealkylation sites (tertiary alicyclic amines) is 1. The summed E-state index contributed by atoms with van der Waals surface area (Å²) in [6.45, 7) is 4.17. The van der Waals surface area contributed by atoms with Gasteiger partial charge in [-0.05, 0) is 61.9 Å². The zero-order chi connectivity index (χ0) is 22.2. The first-order valence-corrected chi connectivity index (χ1v) is 10.7. The Hall–Kier alpha value is -3.22. The monoisotopic (exact) mass is 425 g/mol. The summed E-state index contributed by atoms with van der Waals surface area (Å²) >= 11 is 0. The lowest BCUT2D eigenvalue weighted by Gasteiger charge is -2.32. The third kappa shape index (κ3) is 5.90. The van der Waals surface area contributed by atoms with Gasteiger partial charge in [0.1, 0.15) is 11.5 Å². The van der Waals surface area contributed by atoms with Crippen molar-refractivity contribution in [2.45, 2.75) is 26.2 Å². The van der Waals surface area contributed by atoms with Gasteiger partial charge in [-0.2, -0.15) is 0 Å². The zero-order valence-electron chi connectivity index (χ0n) is 18.4. The van der Waals surface area contributed by atoms with E-state index in [0.717, 1.165) is 32.4 Å². The summed E-state index contributed by atoms with van der Waals surface area (Å²) in [6, 6.07) is 13.0. The summed E-state index contributed by atoms with van der Waals surface area (Å²) in [7, 11) is 3.14. The summed E-state index contributed by atoms with van der Waals surface area (Å²) in [5.41, 5.74) is 2.35. The van der Waals surface area contributed by atoms with E-state index in [-0.39, 0.29) is 11.9 Å². The highest BCUT2D eigenvalue weighted by molar-refractivity contribution is 6.05. The molecular weight excluding hydrogens is 394 g/mol. The van der Waals surface area contributed by atoms with Crippen LogP contribution in [0.2, 0.25) is 0 Å². The molecule has 0 atom stereocenters. The number of benzene rings is 2. The molecule has 1 fully saturated rings. The quantitative estimate of drug-likeness (QED) is 0.704. The van der Waals surface area contributed by atoms with Crippen LogP contribution in [0, 0.1) is 5.92 Å². The number of hydrogen-bond donors (Lipinski definition) is 2. The van der Waals surface area contributed by atoms with Crippen molar-refractivity contribution in [1.29, 1.82) is 0 Å². The molecule has 0 aliphatic carbocycles. The van der Waals surface area contributed by atoms with E-state index < -0.39 is 0 Å². The molecule has 7 heteroatoms. The molecule has 0 saturated carbocycles. The number of anilines is 1. The number of nitrogens with one attached hydrogen (secondary N) is 2. The Morgan fingerprint density at radius 3 is 2.35 bits per heavy atom. The molecule has 2 N–H and O–H groups in total. The summed E-state index contributed by atoms with van der Waals surface area (Å²) in [5.74, 6) is 1.56. The lowest BCUT2D eigenvalue weighted by Crippen LogP contribution is -2.44. The van der Waals surface area contributed by atoms with Gasteiger partial charge in [-0.1, -0.05) is 12.1 Å². The molecule has 0 bridgehead atoms. The predicted octanol–water partition coefficient (Wildman–Crippen LogP) is 3.94. The minimum absolute atomic E-state index is 0.0315. The van der Waals surface area contributed by atoms with Crippen LogP contribution in [-0.2, 0) is 6.42 Å². The van der Waals surface area contributed by atoms with Crippen LogP contribution in [0.3, 0.4) is 0 Å². The number of carbonyl (C=O) groups excluding carboxylic acids is 2. The Bertz CT molecular complexity index is 890. The summed E-state index contributed by atoms with van der Waals surface area (Å²) in [5, 5.41) is 5.75. The standard InChI is InChI=1S/C24H31N3O4/c1-4-25-24(29)27-13-11-18(12-14-27)15-17-5-7-19(8-6-17)23(28)26-21-16-20(30-2)9-10-22(21)31-3/h5-10,16,18H,4,11-15H2,1-3H3,(H,25,29)(H,26,28). The van der Waals surface area contributed by atoms with Crippen molar-refractivity contribution < 1.29 is 19.1 Å². The minimum atomic E-state index is -0.201. The number of methoxy groups -OCH3 is 2. The van der Waals surface area contributed by atoms with Crippen LogP contribution >= 0.6 is 0 Å². The molecular formula is C24H31N3O4. The molecule has 1 heterocycles. The van der Waals surface area contributed by atoms with Crippen molar-refractivity contribution in [3.05, 3.63) is 53.6 Å². The number of rotatable bonds is 7. The molecule has 31 heavy (non-hydrogen) atoms. The van der Waals surface area contributed by atoms with Gasteiger partial charge in [0.2, 0.25) is 0 Å². The van der Waals surface area contributed by atoms with Crippen LogP contribution in [0.1, 0.15) is 35.7 Å². The van der Waals surface area contributed by atoms with Crippen LogP contribution in [-0.4, -0.2) is 50.7 Å². The molecule has 2 aromatic carbocycles. The van der Waals surface area contributed by atoms with Gasteiger partial charge in [-0.3, -0.25) is 4.79 Å². The van der Waals surface area contributed by atoms with Gasteiger partial charge in [0.25, 0.3) is 5.91 Å². The number of ether oxygens (including phenoxy) is 2. The Kier molecular flexibility index (Phi) is 7.76. The first-order chi connectivity index (χ1) is 15.0. The number of hydrogen-bond acceptors (Lipinski definition) is 4. The second-order valence-corrected chi connectivity index (χ2v) is 7.69. The van der Waals surface area contributed by atoms with Gasteiger partial charge in [0, 0.05) is 31.3 Å². The molecule has 3 rings (SSSR count). The molecule has 3 amide bonds. The number of nitrogens with zero attached hydrogens (tertiary/aromatic N) is 1. The largest absolute Gasteiger partial charge is 0.497 e. The average molecular weight is 426 g/mol. The fourth-order valence-electron chi connectivity index (χ4n) is 3.83. The Balaban J connectivity index is 1.56. The smallest absolute Gasteiger partial charge is 0.317 e. The first-order valence-electron chi connectivity index (χ1n) is 10.7. The predicted molar refractivity (Wildman–Crippen MR) is 121 cm³/mol. The van der Waals surface area contributed by atoms with Crippen LogP contribution in [0.4, 0.5) is 10.5 Å². The van der Waals surface area contributed by atoms with Crippen molar-refractivity contribution in [1.82, 2.24) is 10.2 Å². The highest BCUT2D eigenvalue weighted by atomic mass is 16.5. The molecule has 1 aliphatic heterocycles. The van der Waals surface area contributed by atoms with E-state index in [1.807, 2.05) is 36.1 Å². The van der Waals surface area contributed by atoms with E-state index in [0.29, 0.717) is 35.2 Å². The summed E-state index contributed by atoms with van der Waals surface area (Å²) in [6.07, 6.45) is 2.94. The number of piperidine rings is 1. The summed E-state index contributed by atoms with van der Waals surface area (Å²) in [4.78, 5) is 26.5. The van der Waals surface area contributed by atoms with Gasteiger partial charge in [-0.15, -0.1) is 0 Å². The van der Waals surface area contributed by atoms with Crippen molar-refractivity contribution >= 4 is 17.6 Å². The van der Waals surface area contributed by atoms with Crippen molar-refractivity contribution in [2.75, 3.05) is 39.2 Å². The van der Waals surface area contributed by atoms with Crippen LogP contribution in [0.25, 0.3) is 0 Å². The Labute approximate surface area is 183 Å². The zero-order valence-corrected chi connectivity index (χ0v) is 18.4. The lowest BCUT2D eigenvalue weighted by atomic mass is 9.90. The van der Waals surface area contributed by atoms with Crippen molar-refractivity contribution in [2.24, 2.45) is 5.92 Å². The van der Waals surface area contributed by atoms with Gasteiger partial charge in [-0.25, -0.2) is 4.79 Å². The maximum absolute atomic E-state index is 12.7. The highest BCUT2D eigenvalue weighted by Gasteiger charge is 2.22. The molecule has 1 saturated heterocycles. The fourth-order valence-corrected chi connectivity index (χ4v) is 3.83. The van der Waals surface area contributed by atoms with E-state index in [1.165, 1.54) is 5.56 Å². The molecule has 166 valence electrons. The van der Waals surface area contributed by atoms with Gasteiger partial charge >= 0.3 is 6.03 Å². The topological polar surface area (TPSA) is 79.9 Å².